The number of nitrogens with one attached hydrogen (secondary N) is 1. The largest absolute Gasteiger partial charge is 0.481 e. The van der Waals surface area contributed by atoms with Crippen molar-refractivity contribution in [3.05, 3.63) is 23.9 Å². The van der Waals surface area contributed by atoms with Crippen LogP contribution in [0, 0.1) is 0 Å². The summed E-state index contributed by atoms with van der Waals surface area (Å²) in [6.45, 7) is 1.38. The van der Waals surface area contributed by atoms with Crippen LogP contribution in [0.5, 0.6) is 5.88 Å². The Kier molecular flexibility index (Phi) is 6.03. The van der Waals surface area contributed by atoms with Crippen LogP contribution in [-0.2, 0) is 10.5 Å². The van der Waals surface area contributed by atoms with Crippen molar-refractivity contribution in [3.63, 3.8) is 0 Å². The summed E-state index contributed by atoms with van der Waals surface area (Å²) < 4.78 is 11.0. The van der Waals surface area contributed by atoms with E-state index in [1.54, 1.807) is 26.0 Å². The molecule has 0 aliphatic rings. The van der Waals surface area contributed by atoms with Crippen molar-refractivity contribution < 1.29 is 9.47 Å². The first kappa shape index (κ1) is 15.0. The Hall–Kier alpha value is -1.38. The van der Waals surface area contributed by atoms with E-state index in [4.69, 9.17) is 9.47 Å². The molecule has 2 rings (SSSR count). The zero-order valence-electron chi connectivity index (χ0n) is 11.3. The molecule has 108 valence electrons. The summed E-state index contributed by atoms with van der Waals surface area (Å²) in [7, 11) is 3.28. The molecule has 0 atom stereocenters. The van der Waals surface area contributed by atoms with Crippen LogP contribution in [0.1, 0.15) is 5.69 Å². The van der Waals surface area contributed by atoms with Gasteiger partial charge in [-0.2, -0.15) is 0 Å². The van der Waals surface area contributed by atoms with E-state index in [2.05, 4.69) is 20.5 Å². The molecule has 0 spiro atoms. The van der Waals surface area contributed by atoms with Crippen LogP contribution in [0.2, 0.25) is 0 Å². The normalized spacial score (nSPS) is 10.5. The van der Waals surface area contributed by atoms with E-state index < -0.39 is 0 Å². The third-order valence-corrected chi connectivity index (χ3v) is 4.37. The van der Waals surface area contributed by atoms with Crippen LogP contribution in [0.3, 0.4) is 0 Å². The maximum atomic E-state index is 5.10. The van der Waals surface area contributed by atoms with Gasteiger partial charge in [-0.05, 0) is 6.07 Å². The topological polar surface area (TPSA) is 69.2 Å². The Balaban J connectivity index is 1.84. The lowest BCUT2D eigenvalue weighted by atomic mass is 10.4. The number of aromatic nitrogens is 3. The fourth-order valence-electron chi connectivity index (χ4n) is 1.39. The summed E-state index contributed by atoms with van der Waals surface area (Å²) in [4.78, 5) is 4.36. The summed E-state index contributed by atoms with van der Waals surface area (Å²) in [5.74, 6) is 1.37. The minimum absolute atomic E-state index is 0.627. The van der Waals surface area contributed by atoms with Crippen LogP contribution in [-0.4, -0.2) is 42.6 Å². The molecule has 0 aliphatic heterocycles. The Morgan fingerprint density at radius 3 is 3.00 bits per heavy atom. The molecule has 2 aromatic heterocycles. The number of nitrogens with zero attached hydrogens (tertiary/aromatic N) is 3. The molecule has 0 aromatic carbocycles. The minimum atomic E-state index is 0.627. The zero-order valence-corrected chi connectivity index (χ0v) is 13.0. The number of hydrogen-bond acceptors (Lipinski definition) is 8. The highest BCUT2D eigenvalue weighted by Crippen LogP contribution is 2.28. The molecule has 0 bridgehead atoms. The molecule has 0 fully saturated rings. The van der Waals surface area contributed by atoms with Gasteiger partial charge in [0.1, 0.15) is 0 Å². The molecule has 0 saturated carbocycles. The van der Waals surface area contributed by atoms with E-state index in [1.807, 2.05) is 18.2 Å². The highest BCUT2D eigenvalue weighted by atomic mass is 32.2. The van der Waals surface area contributed by atoms with Gasteiger partial charge in [-0.25, -0.2) is 4.98 Å². The highest BCUT2D eigenvalue weighted by Gasteiger charge is 2.06. The third-order valence-electron chi connectivity index (χ3n) is 2.32. The van der Waals surface area contributed by atoms with Gasteiger partial charge in [-0.3, -0.25) is 0 Å². The summed E-state index contributed by atoms with van der Waals surface area (Å²) in [5.41, 5.74) is 0.957. The number of thioether (sulfide) groups is 1. The monoisotopic (exact) mass is 312 g/mol. The maximum absolute atomic E-state index is 5.10. The summed E-state index contributed by atoms with van der Waals surface area (Å²) >= 11 is 3.14. The molecular formula is C12H16N4O2S2. The van der Waals surface area contributed by atoms with Crippen molar-refractivity contribution in [2.45, 2.75) is 10.1 Å². The third kappa shape index (κ3) is 4.62. The minimum Gasteiger partial charge on any atom is -0.481 e. The first-order valence-corrected chi connectivity index (χ1v) is 7.81. The van der Waals surface area contributed by atoms with Crippen molar-refractivity contribution in [1.82, 2.24) is 15.2 Å². The van der Waals surface area contributed by atoms with Gasteiger partial charge in [0.15, 0.2) is 4.34 Å². The second kappa shape index (κ2) is 8.03. The smallest absolute Gasteiger partial charge is 0.213 e. The molecule has 1 N–H and O–H groups in total. The first-order valence-electron chi connectivity index (χ1n) is 6.01. The lowest BCUT2D eigenvalue weighted by Gasteiger charge is -2.01. The number of anilines is 1. The molecular weight excluding hydrogens is 296 g/mol. The molecule has 2 heterocycles. The maximum Gasteiger partial charge on any atom is 0.213 e. The van der Waals surface area contributed by atoms with Crippen molar-refractivity contribution in [2.75, 3.05) is 32.7 Å². The first-order chi connectivity index (χ1) is 9.81. The fraction of sp³-hybridized carbons (Fsp3) is 0.417. The molecule has 20 heavy (non-hydrogen) atoms. The quantitative estimate of drug-likeness (QED) is 0.592. The lowest BCUT2D eigenvalue weighted by molar-refractivity contribution is 0.211. The molecule has 8 heteroatoms. The van der Waals surface area contributed by atoms with Crippen molar-refractivity contribution in [1.29, 1.82) is 0 Å². The average molecular weight is 312 g/mol. The van der Waals surface area contributed by atoms with E-state index in [1.165, 1.54) is 11.3 Å². The Morgan fingerprint density at radius 1 is 1.30 bits per heavy atom. The van der Waals surface area contributed by atoms with Gasteiger partial charge in [0.2, 0.25) is 11.0 Å². The molecule has 2 aromatic rings. The van der Waals surface area contributed by atoms with Crippen molar-refractivity contribution >= 4 is 28.2 Å². The second-order valence-electron chi connectivity index (χ2n) is 3.75. The molecule has 0 amide bonds. The molecule has 0 saturated heterocycles. The fourth-order valence-corrected chi connectivity index (χ4v) is 3.07. The van der Waals surface area contributed by atoms with Gasteiger partial charge in [-0.1, -0.05) is 29.2 Å². The van der Waals surface area contributed by atoms with Gasteiger partial charge in [0, 0.05) is 25.5 Å². The van der Waals surface area contributed by atoms with Gasteiger partial charge in [0.25, 0.3) is 0 Å². The van der Waals surface area contributed by atoms with Crippen LogP contribution in [0.15, 0.2) is 22.5 Å². The van der Waals surface area contributed by atoms with Crippen LogP contribution < -0.4 is 10.1 Å². The Bertz CT molecular complexity index is 536. The van der Waals surface area contributed by atoms with E-state index >= 15 is 0 Å². The second-order valence-corrected chi connectivity index (χ2v) is 5.95. The van der Waals surface area contributed by atoms with Gasteiger partial charge in [0.05, 0.1) is 19.4 Å². The van der Waals surface area contributed by atoms with Gasteiger partial charge in [-0.15, -0.1) is 10.2 Å². The lowest BCUT2D eigenvalue weighted by Crippen LogP contribution is -2.06. The number of ether oxygens (including phenoxy) is 2. The number of hydrogen-bond donors (Lipinski definition) is 1. The van der Waals surface area contributed by atoms with E-state index in [-0.39, 0.29) is 0 Å². The molecule has 6 nitrogen and oxygen atoms in total. The number of methoxy groups -OCH3 is 2. The SMILES string of the molecule is COCCNc1nnc(SCc2cccc(OC)n2)s1. The highest BCUT2D eigenvalue weighted by molar-refractivity contribution is 8.00. The van der Waals surface area contributed by atoms with Crippen molar-refractivity contribution in [2.24, 2.45) is 0 Å². The van der Waals surface area contributed by atoms with Crippen molar-refractivity contribution in [3.8, 4) is 5.88 Å². The molecule has 0 aliphatic carbocycles. The summed E-state index contributed by atoms with van der Waals surface area (Å²) in [5, 5.41) is 12.2. The summed E-state index contributed by atoms with van der Waals surface area (Å²) in [6, 6.07) is 5.73. The molecule has 0 unspecified atom stereocenters. The van der Waals surface area contributed by atoms with Crippen LogP contribution >= 0.6 is 23.1 Å². The summed E-state index contributed by atoms with van der Waals surface area (Å²) in [6.07, 6.45) is 0. The van der Waals surface area contributed by atoms with E-state index in [9.17, 15) is 0 Å². The standard InChI is InChI=1S/C12H16N4O2S2/c1-17-7-6-13-11-15-16-12(20-11)19-8-9-4-3-5-10(14-9)18-2/h3-5H,6-8H2,1-2H3,(H,13,15). The number of rotatable bonds is 8. The molecule has 0 radical (unpaired) electrons. The zero-order chi connectivity index (χ0) is 14.2. The Morgan fingerprint density at radius 2 is 2.20 bits per heavy atom. The van der Waals surface area contributed by atoms with E-state index in [0.29, 0.717) is 12.5 Å². The van der Waals surface area contributed by atoms with Gasteiger partial charge >= 0.3 is 0 Å². The van der Waals surface area contributed by atoms with Crippen LogP contribution in [0.25, 0.3) is 0 Å². The average Bonchev–Trinajstić information content (AvgIpc) is 2.94. The van der Waals surface area contributed by atoms with Crippen LogP contribution in [0.4, 0.5) is 5.13 Å². The predicted molar refractivity (Wildman–Crippen MR) is 80.6 cm³/mol. The van der Waals surface area contributed by atoms with E-state index in [0.717, 1.165) is 27.5 Å². The Labute approximate surface area is 125 Å². The number of pyridine rings is 1. The van der Waals surface area contributed by atoms with Gasteiger partial charge < -0.3 is 14.8 Å². The predicted octanol–water partition coefficient (Wildman–Crippen LogP) is 2.29.